The van der Waals surface area contributed by atoms with Crippen LogP contribution in [0, 0.1) is 23.3 Å². The van der Waals surface area contributed by atoms with Crippen molar-refractivity contribution >= 4 is 57.8 Å². The van der Waals surface area contributed by atoms with Gasteiger partial charge < -0.3 is 20.9 Å². The Morgan fingerprint density at radius 1 is 0.822 bits per heavy atom. The van der Waals surface area contributed by atoms with Gasteiger partial charge in [-0.15, -0.1) is 11.8 Å². The maximum absolute atomic E-state index is 14.0. The van der Waals surface area contributed by atoms with Gasteiger partial charge in [0.15, 0.2) is 23.3 Å². The Kier molecular flexibility index (Phi) is 9.33. The molecular formula is C33H24F4N4O3S. The van der Waals surface area contributed by atoms with Crippen molar-refractivity contribution in [3.63, 3.8) is 0 Å². The monoisotopic (exact) mass is 632 g/mol. The van der Waals surface area contributed by atoms with Gasteiger partial charge in [0.2, 0.25) is 5.91 Å². The van der Waals surface area contributed by atoms with Crippen LogP contribution in [0.1, 0.15) is 22.8 Å². The van der Waals surface area contributed by atoms with E-state index < -0.39 is 51.9 Å². The number of carbonyl (C=O) groups is 3. The van der Waals surface area contributed by atoms with Gasteiger partial charge in [0, 0.05) is 44.9 Å². The number of thioether (sulfide) groups is 1. The lowest BCUT2D eigenvalue weighted by Crippen LogP contribution is -2.30. The molecule has 4 aromatic carbocycles. The molecule has 0 aliphatic rings. The second kappa shape index (κ2) is 13.5. The number of halogens is 4. The van der Waals surface area contributed by atoms with Crippen molar-refractivity contribution in [3.8, 4) is 0 Å². The summed E-state index contributed by atoms with van der Waals surface area (Å²) in [6.07, 6.45) is 3.26. The van der Waals surface area contributed by atoms with E-state index in [1.807, 2.05) is 29.6 Å². The summed E-state index contributed by atoms with van der Waals surface area (Å²) in [7, 11) is 0. The molecule has 0 spiro atoms. The minimum atomic E-state index is -1.72. The van der Waals surface area contributed by atoms with Crippen molar-refractivity contribution in [2.75, 3.05) is 10.6 Å². The maximum Gasteiger partial charge on any atom is 0.272 e. The van der Waals surface area contributed by atoms with Crippen LogP contribution in [-0.4, -0.2) is 28.0 Å². The molecule has 228 valence electrons. The van der Waals surface area contributed by atoms with Gasteiger partial charge in [0.1, 0.15) is 11.4 Å². The summed E-state index contributed by atoms with van der Waals surface area (Å²) in [4.78, 5) is 42.7. The SMILES string of the molecule is CC(Sc1cccc(NC(=O)/C(=C/c2c[nH]c3ccccc23)NC(=O)c2ccccc2)c1)C(=O)Nc1c(F)c(F)cc(F)c1F. The average molecular weight is 633 g/mol. The lowest BCUT2D eigenvalue weighted by atomic mass is 10.1. The van der Waals surface area contributed by atoms with Gasteiger partial charge in [0.05, 0.1) is 5.25 Å². The van der Waals surface area contributed by atoms with Gasteiger partial charge in [-0.05, 0) is 49.4 Å². The number of aromatic nitrogens is 1. The predicted molar refractivity (Wildman–Crippen MR) is 165 cm³/mol. The molecule has 0 radical (unpaired) electrons. The van der Waals surface area contributed by atoms with Crippen LogP contribution in [-0.2, 0) is 9.59 Å². The van der Waals surface area contributed by atoms with Crippen molar-refractivity contribution in [2.24, 2.45) is 0 Å². The molecule has 7 nitrogen and oxygen atoms in total. The fourth-order valence-electron chi connectivity index (χ4n) is 4.32. The van der Waals surface area contributed by atoms with Crippen LogP contribution in [0.4, 0.5) is 28.9 Å². The van der Waals surface area contributed by atoms with E-state index in [1.54, 1.807) is 66.9 Å². The van der Waals surface area contributed by atoms with Gasteiger partial charge in [-0.2, -0.15) is 0 Å². The summed E-state index contributed by atoms with van der Waals surface area (Å²) in [5.74, 6) is -8.77. The number of aromatic amines is 1. The standard InChI is InChI=1S/C33H24F4N4O3S/c1-18(31(42)41-30-28(36)24(34)16-25(35)29(30)37)45-22-11-7-10-21(15-22)39-33(44)27(40-32(43)19-8-3-2-4-9-19)14-20-17-38-26-13-6-5-12-23(20)26/h2-18,38H,1H3,(H,39,44)(H,40,43)(H,41,42)/b27-14-. The highest BCUT2D eigenvalue weighted by Crippen LogP contribution is 2.29. The van der Waals surface area contributed by atoms with E-state index in [0.29, 0.717) is 21.7 Å². The van der Waals surface area contributed by atoms with Gasteiger partial charge in [-0.1, -0.05) is 42.5 Å². The highest BCUT2D eigenvalue weighted by molar-refractivity contribution is 8.00. The van der Waals surface area contributed by atoms with Crippen LogP contribution in [0.25, 0.3) is 17.0 Å². The molecule has 3 amide bonds. The molecule has 0 aliphatic carbocycles. The number of rotatable bonds is 9. The van der Waals surface area contributed by atoms with E-state index in [4.69, 9.17) is 0 Å². The fraction of sp³-hybridized carbons (Fsp3) is 0.0606. The molecule has 5 rings (SSSR count). The zero-order chi connectivity index (χ0) is 32.1. The van der Waals surface area contributed by atoms with Gasteiger partial charge in [-0.3, -0.25) is 14.4 Å². The van der Waals surface area contributed by atoms with Gasteiger partial charge in [0.25, 0.3) is 11.8 Å². The van der Waals surface area contributed by atoms with Gasteiger partial charge >= 0.3 is 0 Å². The molecule has 12 heteroatoms. The third-order valence-corrected chi connectivity index (χ3v) is 7.68. The Morgan fingerprint density at radius 3 is 2.24 bits per heavy atom. The number of nitrogens with one attached hydrogen (secondary N) is 4. The van der Waals surface area contributed by atoms with E-state index in [1.165, 1.54) is 6.92 Å². The average Bonchev–Trinajstić information content (AvgIpc) is 3.45. The fourth-order valence-corrected chi connectivity index (χ4v) is 5.25. The van der Waals surface area contributed by atoms with E-state index >= 15 is 0 Å². The number of benzene rings is 4. The Morgan fingerprint density at radius 2 is 1.51 bits per heavy atom. The molecule has 0 fully saturated rings. The van der Waals surface area contributed by atoms with E-state index in [0.717, 1.165) is 22.7 Å². The van der Waals surface area contributed by atoms with Crippen molar-refractivity contribution < 1.29 is 31.9 Å². The Hall–Kier alpha value is -5.36. The van der Waals surface area contributed by atoms with Crippen molar-refractivity contribution in [1.82, 2.24) is 10.3 Å². The smallest absolute Gasteiger partial charge is 0.272 e. The Balaban J connectivity index is 1.34. The number of anilines is 2. The Labute approximate surface area is 258 Å². The van der Waals surface area contributed by atoms with Crippen molar-refractivity contribution in [2.45, 2.75) is 17.1 Å². The zero-order valence-electron chi connectivity index (χ0n) is 23.5. The summed E-state index contributed by atoms with van der Waals surface area (Å²) < 4.78 is 55.2. The lowest BCUT2D eigenvalue weighted by molar-refractivity contribution is -0.115. The number of fused-ring (bicyclic) bond motifs is 1. The van der Waals surface area contributed by atoms with Crippen LogP contribution < -0.4 is 16.0 Å². The third-order valence-electron chi connectivity index (χ3n) is 6.58. The molecule has 0 saturated carbocycles. The molecule has 0 bridgehead atoms. The summed E-state index contributed by atoms with van der Waals surface area (Å²) >= 11 is 0.970. The largest absolute Gasteiger partial charge is 0.361 e. The molecule has 45 heavy (non-hydrogen) atoms. The summed E-state index contributed by atoms with van der Waals surface area (Å²) in [6.45, 7) is 1.43. The minimum Gasteiger partial charge on any atom is -0.361 e. The lowest BCUT2D eigenvalue weighted by Gasteiger charge is -2.15. The van der Waals surface area contributed by atoms with Crippen LogP contribution >= 0.6 is 11.8 Å². The molecule has 1 unspecified atom stereocenters. The van der Waals surface area contributed by atoms with Crippen LogP contribution in [0.3, 0.4) is 0 Å². The first kappa shape index (κ1) is 31.1. The van der Waals surface area contributed by atoms with Crippen molar-refractivity contribution in [3.05, 3.63) is 131 Å². The second-order valence-electron chi connectivity index (χ2n) is 9.74. The van der Waals surface area contributed by atoms with Gasteiger partial charge in [-0.25, -0.2) is 17.6 Å². The minimum absolute atomic E-state index is 0.0363. The zero-order valence-corrected chi connectivity index (χ0v) is 24.3. The number of carbonyl (C=O) groups excluding carboxylic acids is 3. The molecule has 0 saturated heterocycles. The summed E-state index contributed by atoms with van der Waals surface area (Å²) in [6, 6.07) is 22.3. The number of hydrogen-bond acceptors (Lipinski definition) is 4. The van der Waals surface area contributed by atoms with Crippen LogP contribution in [0.2, 0.25) is 0 Å². The van der Waals surface area contributed by atoms with E-state index in [2.05, 4.69) is 15.6 Å². The maximum atomic E-state index is 14.0. The summed E-state index contributed by atoms with van der Waals surface area (Å²) in [5, 5.41) is 7.19. The Bertz CT molecular complexity index is 1920. The molecule has 1 aromatic heterocycles. The molecule has 5 aromatic rings. The highest BCUT2D eigenvalue weighted by Gasteiger charge is 2.24. The number of hydrogen-bond donors (Lipinski definition) is 4. The quantitative estimate of drug-likeness (QED) is 0.0595. The van der Waals surface area contributed by atoms with Crippen molar-refractivity contribution in [1.29, 1.82) is 0 Å². The predicted octanol–water partition coefficient (Wildman–Crippen LogP) is 7.25. The van der Waals surface area contributed by atoms with Crippen LogP contribution in [0.5, 0.6) is 0 Å². The molecule has 0 aliphatic heterocycles. The van der Waals surface area contributed by atoms with Crippen LogP contribution in [0.15, 0.2) is 102 Å². The highest BCUT2D eigenvalue weighted by atomic mass is 32.2. The molecular weight excluding hydrogens is 608 g/mol. The summed E-state index contributed by atoms with van der Waals surface area (Å²) in [5.41, 5.74) is 0.916. The number of amides is 3. The second-order valence-corrected chi connectivity index (χ2v) is 11.2. The third kappa shape index (κ3) is 7.24. The number of para-hydroxylation sites is 1. The number of H-pyrrole nitrogens is 1. The first-order valence-corrected chi connectivity index (χ1v) is 14.3. The normalized spacial score (nSPS) is 12.1. The topological polar surface area (TPSA) is 103 Å². The van der Waals surface area contributed by atoms with E-state index in [9.17, 15) is 31.9 Å². The first-order valence-electron chi connectivity index (χ1n) is 13.5. The first-order chi connectivity index (χ1) is 21.6. The molecule has 1 atom stereocenters. The van der Waals surface area contributed by atoms with E-state index in [-0.39, 0.29) is 11.8 Å². The molecule has 4 N–H and O–H groups in total. The molecule has 1 heterocycles.